The van der Waals surface area contributed by atoms with Gasteiger partial charge in [-0.3, -0.25) is 4.79 Å². The van der Waals surface area contributed by atoms with Gasteiger partial charge in [0, 0.05) is 5.69 Å². The van der Waals surface area contributed by atoms with Crippen molar-refractivity contribution in [3.8, 4) is 0 Å². The van der Waals surface area contributed by atoms with Gasteiger partial charge in [-0.05, 0) is 24.3 Å². The molecule has 5 N–H and O–H groups in total. The maximum absolute atomic E-state index is 11.5. The zero-order valence-electron chi connectivity index (χ0n) is 7.80. The summed E-state index contributed by atoms with van der Waals surface area (Å²) in [5.41, 5.74) is 10.7. The van der Waals surface area contributed by atoms with Gasteiger partial charge in [0.25, 0.3) is 0 Å². The molecule has 82 valence electrons. The molecule has 0 atom stereocenters. The van der Waals surface area contributed by atoms with Gasteiger partial charge >= 0.3 is 0 Å². The van der Waals surface area contributed by atoms with E-state index in [0.717, 1.165) is 0 Å². The summed E-state index contributed by atoms with van der Waals surface area (Å²) in [6.45, 7) is -0.424. The first kappa shape index (κ1) is 11.5. The van der Waals surface area contributed by atoms with E-state index in [1.807, 2.05) is 0 Å². The summed E-state index contributed by atoms with van der Waals surface area (Å²) in [7, 11) is -3.68. The van der Waals surface area contributed by atoms with Crippen LogP contribution in [-0.4, -0.2) is 20.9 Å². The molecule has 7 heteroatoms. The third kappa shape index (κ3) is 3.22. The van der Waals surface area contributed by atoms with Crippen LogP contribution >= 0.6 is 0 Å². The molecule has 0 saturated carbocycles. The Hall–Kier alpha value is -1.60. The van der Waals surface area contributed by atoms with Gasteiger partial charge in [0.2, 0.25) is 15.9 Å². The lowest BCUT2D eigenvalue weighted by molar-refractivity contribution is -0.116. The van der Waals surface area contributed by atoms with E-state index in [4.69, 9.17) is 11.5 Å². The van der Waals surface area contributed by atoms with Gasteiger partial charge in [0.1, 0.15) is 0 Å². The van der Waals surface area contributed by atoms with Crippen LogP contribution < -0.4 is 16.2 Å². The average molecular weight is 229 g/mol. The number of sulfonamides is 1. The molecule has 1 aromatic rings. The number of primary amides is 1. The number of amides is 1. The van der Waals surface area contributed by atoms with E-state index in [-0.39, 0.29) is 4.90 Å². The van der Waals surface area contributed by atoms with Crippen molar-refractivity contribution in [3.05, 3.63) is 24.3 Å². The molecule has 0 fully saturated rings. The fraction of sp³-hybridized carbons (Fsp3) is 0.125. The molecule has 0 aliphatic heterocycles. The van der Waals surface area contributed by atoms with E-state index in [1.165, 1.54) is 24.3 Å². The van der Waals surface area contributed by atoms with Crippen molar-refractivity contribution in [2.75, 3.05) is 12.3 Å². The number of rotatable bonds is 4. The van der Waals surface area contributed by atoms with Crippen molar-refractivity contribution >= 4 is 21.6 Å². The smallest absolute Gasteiger partial charge is 0.241 e. The van der Waals surface area contributed by atoms with Crippen LogP contribution in [0.2, 0.25) is 0 Å². The maximum Gasteiger partial charge on any atom is 0.241 e. The molecule has 0 aliphatic carbocycles. The first-order valence-electron chi connectivity index (χ1n) is 4.05. The largest absolute Gasteiger partial charge is 0.399 e. The lowest BCUT2D eigenvalue weighted by atomic mass is 10.3. The van der Waals surface area contributed by atoms with Gasteiger partial charge in [-0.1, -0.05) is 0 Å². The number of carbonyl (C=O) groups excluding carboxylic acids is 1. The molecule has 6 nitrogen and oxygen atoms in total. The average Bonchev–Trinajstić information content (AvgIpc) is 2.16. The predicted octanol–water partition coefficient (Wildman–Crippen LogP) is -0.968. The van der Waals surface area contributed by atoms with E-state index in [1.54, 1.807) is 0 Å². The summed E-state index contributed by atoms with van der Waals surface area (Å²) in [5.74, 6) is -0.742. The van der Waals surface area contributed by atoms with Gasteiger partial charge in [-0.2, -0.15) is 0 Å². The number of anilines is 1. The predicted molar refractivity (Wildman–Crippen MR) is 55.2 cm³/mol. The molecule has 0 spiro atoms. The van der Waals surface area contributed by atoms with Crippen LogP contribution in [0.15, 0.2) is 29.2 Å². The topological polar surface area (TPSA) is 115 Å². The summed E-state index contributed by atoms with van der Waals surface area (Å²) in [4.78, 5) is 10.4. The van der Waals surface area contributed by atoms with E-state index < -0.39 is 22.5 Å². The zero-order chi connectivity index (χ0) is 11.5. The van der Waals surface area contributed by atoms with Crippen LogP contribution in [0.25, 0.3) is 0 Å². The molecule has 0 radical (unpaired) electrons. The van der Waals surface area contributed by atoms with Crippen LogP contribution in [0.4, 0.5) is 5.69 Å². The lowest BCUT2D eigenvalue weighted by Gasteiger charge is -2.04. The second-order valence-electron chi connectivity index (χ2n) is 2.86. The third-order valence-corrected chi connectivity index (χ3v) is 3.04. The zero-order valence-corrected chi connectivity index (χ0v) is 8.62. The summed E-state index contributed by atoms with van der Waals surface area (Å²) >= 11 is 0. The molecule has 15 heavy (non-hydrogen) atoms. The van der Waals surface area contributed by atoms with Crippen LogP contribution in [-0.2, 0) is 14.8 Å². The summed E-state index contributed by atoms with van der Waals surface area (Å²) < 4.78 is 25.0. The first-order valence-corrected chi connectivity index (χ1v) is 5.53. The molecule has 0 aromatic heterocycles. The summed E-state index contributed by atoms with van der Waals surface area (Å²) in [5, 5.41) is 0. The Morgan fingerprint density at radius 2 is 1.80 bits per heavy atom. The van der Waals surface area contributed by atoms with Crippen LogP contribution in [0.5, 0.6) is 0 Å². The Bertz CT molecular complexity index is 453. The SMILES string of the molecule is NC(=O)CNS(=O)(=O)c1ccc(N)cc1. The molecule has 0 saturated heterocycles. The number of hydrogen-bond donors (Lipinski definition) is 3. The van der Waals surface area contributed by atoms with E-state index in [0.29, 0.717) is 5.69 Å². The van der Waals surface area contributed by atoms with E-state index in [9.17, 15) is 13.2 Å². The maximum atomic E-state index is 11.5. The number of nitrogens with two attached hydrogens (primary N) is 2. The molecule has 1 amide bonds. The Labute approximate surface area is 87.3 Å². The van der Waals surface area contributed by atoms with Gasteiger partial charge < -0.3 is 11.5 Å². The summed E-state index contributed by atoms with van der Waals surface area (Å²) in [6, 6.07) is 5.61. The van der Waals surface area contributed by atoms with Crippen LogP contribution in [0, 0.1) is 0 Å². The van der Waals surface area contributed by atoms with Crippen LogP contribution in [0.1, 0.15) is 0 Å². The van der Waals surface area contributed by atoms with Crippen molar-refractivity contribution in [2.45, 2.75) is 4.90 Å². The molecule has 1 aromatic carbocycles. The second kappa shape index (κ2) is 4.28. The van der Waals surface area contributed by atoms with E-state index >= 15 is 0 Å². The molecule has 0 aliphatic rings. The number of nitrogen functional groups attached to an aromatic ring is 1. The minimum absolute atomic E-state index is 0.0398. The van der Waals surface area contributed by atoms with Gasteiger partial charge in [-0.25, -0.2) is 13.1 Å². The Morgan fingerprint density at radius 3 is 2.27 bits per heavy atom. The minimum Gasteiger partial charge on any atom is -0.399 e. The fourth-order valence-electron chi connectivity index (χ4n) is 0.896. The Balaban J connectivity index is 2.87. The van der Waals surface area contributed by atoms with Gasteiger partial charge in [0.15, 0.2) is 0 Å². The highest BCUT2D eigenvalue weighted by atomic mass is 32.2. The summed E-state index contributed by atoms with van der Waals surface area (Å²) in [6.07, 6.45) is 0. The molecule has 0 unspecified atom stereocenters. The van der Waals surface area contributed by atoms with Gasteiger partial charge in [0.05, 0.1) is 11.4 Å². The van der Waals surface area contributed by atoms with Crippen LogP contribution in [0.3, 0.4) is 0 Å². The first-order chi connectivity index (χ1) is 6.92. The molecular formula is C8H11N3O3S. The second-order valence-corrected chi connectivity index (χ2v) is 4.63. The lowest BCUT2D eigenvalue weighted by Crippen LogP contribution is -2.33. The van der Waals surface area contributed by atoms with E-state index in [2.05, 4.69) is 4.72 Å². The number of nitrogens with one attached hydrogen (secondary N) is 1. The Morgan fingerprint density at radius 1 is 1.27 bits per heavy atom. The highest BCUT2D eigenvalue weighted by Gasteiger charge is 2.13. The quantitative estimate of drug-likeness (QED) is 0.576. The number of carbonyl (C=O) groups is 1. The molecule has 0 bridgehead atoms. The van der Waals surface area contributed by atoms with Crippen molar-refractivity contribution in [1.82, 2.24) is 4.72 Å². The fourth-order valence-corrected chi connectivity index (χ4v) is 1.89. The van der Waals surface area contributed by atoms with Crippen molar-refractivity contribution in [2.24, 2.45) is 5.73 Å². The van der Waals surface area contributed by atoms with Crippen molar-refractivity contribution in [3.63, 3.8) is 0 Å². The standard InChI is InChI=1S/C8H11N3O3S/c9-6-1-3-7(4-2-6)15(13,14)11-5-8(10)12/h1-4,11H,5,9H2,(H2,10,12). The Kier molecular flexibility index (Phi) is 3.28. The number of hydrogen-bond acceptors (Lipinski definition) is 4. The molecular weight excluding hydrogens is 218 g/mol. The monoisotopic (exact) mass is 229 g/mol. The molecule has 1 rings (SSSR count). The molecule has 0 heterocycles. The highest BCUT2D eigenvalue weighted by molar-refractivity contribution is 7.89. The minimum atomic E-state index is -3.68. The van der Waals surface area contributed by atoms with Crippen molar-refractivity contribution < 1.29 is 13.2 Å². The number of benzene rings is 1. The third-order valence-electron chi connectivity index (χ3n) is 1.63. The highest BCUT2D eigenvalue weighted by Crippen LogP contribution is 2.10. The normalized spacial score (nSPS) is 11.2. The van der Waals surface area contributed by atoms with Crippen molar-refractivity contribution in [1.29, 1.82) is 0 Å². The van der Waals surface area contributed by atoms with Gasteiger partial charge in [-0.15, -0.1) is 0 Å².